The lowest BCUT2D eigenvalue weighted by Crippen LogP contribution is -2.43. The largest absolute Gasteiger partial charge is 0.491 e. The third-order valence-electron chi connectivity index (χ3n) is 4.06. The number of carbonyl (C=O) groups excluding carboxylic acids is 3. The van der Waals surface area contributed by atoms with Crippen molar-refractivity contribution in [3.8, 4) is 11.5 Å². The molecule has 1 fully saturated rings. The molecular formula is C17H19NO6. The highest BCUT2D eigenvalue weighted by molar-refractivity contribution is 6.07. The van der Waals surface area contributed by atoms with Crippen molar-refractivity contribution >= 4 is 17.5 Å². The number of morpholine rings is 1. The van der Waals surface area contributed by atoms with Crippen molar-refractivity contribution in [1.82, 2.24) is 4.90 Å². The minimum absolute atomic E-state index is 0.0605. The fourth-order valence-electron chi connectivity index (χ4n) is 2.81. The van der Waals surface area contributed by atoms with Crippen LogP contribution in [-0.2, 0) is 9.53 Å². The van der Waals surface area contributed by atoms with Crippen LogP contribution in [0.2, 0.25) is 0 Å². The highest BCUT2D eigenvalue weighted by atomic mass is 16.5. The second-order valence-electron chi connectivity index (χ2n) is 5.68. The molecule has 0 saturated carbocycles. The average Bonchev–Trinajstić information content (AvgIpc) is 2.60. The Balaban J connectivity index is 1.79. The molecule has 0 atom stereocenters. The smallest absolute Gasteiger partial charge is 0.260 e. The topological polar surface area (TPSA) is 82.1 Å². The van der Waals surface area contributed by atoms with Gasteiger partial charge in [0.25, 0.3) is 5.91 Å². The van der Waals surface area contributed by atoms with Gasteiger partial charge in [-0.15, -0.1) is 0 Å². The SMILES string of the molecule is CC(=O)c1c(OCC(=O)N2CCOCC2)ccc2c1OCCC2=O. The molecule has 7 nitrogen and oxygen atoms in total. The Morgan fingerprint density at radius 1 is 1.21 bits per heavy atom. The summed E-state index contributed by atoms with van der Waals surface area (Å²) in [5.74, 6) is 0.0280. The maximum atomic E-state index is 12.2. The predicted molar refractivity (Wildman–Crippen MR) is 83.8 cm³/mol. The van der Waals surface area contributed by atoms with Gasteiger partial charge in [-0.25, -0.2) is 0 Å². The van der Waals surface area contributed by atoms with E-state index < -0.39 is 0 Å². The van der Waals surface area contributed by atoms with Crippen LogP contribution >= 0.6 is 0 Å². The molecule has 0 aliphatic carbocycles. The standard InChI is InChI=1S/C17H19NO6/c1-11(19)16-14(3-2-12-13(20)4-7-23-17(12)16)24-10-15(21)18-5-8-22-9-6-18/h2-3H,4-10H2,1H3. The highest BCUT2D eigenvalue weighted by Crippen LogP contribution is 2.35. The first-order chi connectivity index (χ1) is 11.6. The molecule has 1 amide bonds. The zero-order chi connectivity index (χ0) is 17.1. The van der Waals surface area contributed by atoms with Crippen molar-refractivity contribution in [3.05, 3.63) is 23.3 Å². The normalized spacial score (nSPS) is 17.0. The van der Waals surface area contributed by atoms with Gasteiger partial charge in [0.2, 0.25) is 0 Å². The Bertz CT molecular complexity index is 678. The van der Waals surface area contributed by atoms with E-state index in [9.17, 15) is 14.4 Å². The molecule has 3 rings (SSSR count). The summed E-state index contributed by atoms with van der Waals surface area (Å²) in [7, 11) is 0. The van der Waals surface area contributed by atoms with Crippen molar-refractivity contribution < 1.29 is 28.6 Å². The van der Waals surface area contributed by atoms with Crippen molar-refractivity contribution in [3.63, 3.8) is 0 Å². The van der Waals surface area contributed by atoms with Gasteiger partial charge in [-0.2, -0.15) is 0 Å². The number of ketones is 2. The number of Topliss-reactive ketones (excluding diaryl/α,β-unsaturated/α-hetero) is 2. The molecular weight excluding hydrogens is 314 g/mol. The zero-order valence-corrected chi connectivity index (χ0v) is 13.5. The average molecular weight is 333 g/mol. The summed E-state index contributed by atoms with van der Waals surface area (Å²) in [6.45, 7) is 3.54. The van der Waals surface area contributed by atoms with Crippen molar-refractivity contribution in [1.29, 1.82) is 0 Å². The summed E-state index contributed by atoms with van der Waals surface area (Å²) in [5, 5.41) is 0. The molecule has 1 saturated heterocycles. The monoisotopic (exact) mass is 333 g/mol. The molecule has 0 aromatic heterocycles. The van der Waals surface area contributed by atoms with Crippen LogP contribution in [-0.4, -0.2) is 61.9 Å². The summed E-state index contributed by atoms with van der Waals surface area (Å²) in [6.07, 6.45) is 0.292. The quantitative estimate of drug-likeness (QED) is 0.767. The minimum Gasteiger partial charge on any atom is -0.491 e. The number of carbonyl (C=O) groups is 3. The van der Waals surface area contributed by atoms with E-state index in [4.69, 9.17) is 14.2 Å². The van der Waals surface area contributed by atoms with Crippen LogP contribution in [0.15, 0.2) is 12.1 Å². The molecule has 7 heteroatoms. The summed E-state index contributed by atoms with van der Waals surface area (Å²) in [6, 6.07) is 3.13. The Hall–Kier alpha value is -2.41. The van der Waals surface area contributed by atoms with Gasteiger partial charge in [0.1, 0.15) is 17.1 Å². The summed E-state index contributed by atoms with van der Waals surface area (Å²) < 4.78 is 16.3. The number of fused-ring (bicyclic) bond motifs is 1. The maximum Gasteiger partial charge on any atom is 0.260 e. The Morgan fingerprint density at radius 3 is 2.67 bits per heavy atom. The first-order valence-corrected chi connectivity index (χ1v) is 7.90. The molecule has 0 spiro atoms. The van der Waals surface area contributed by atoms with E-state index in [0.29, 0.717) is 38.3 Å². The molecule has 1 aromatic carbocycles. The number of benzene rings is 1. The van der Waals surface area contributed by atoms with E-state index in [2.05, 4.69) is 0 Å². The molecule has 2 aliphatic heterocycles. The number of hydrogen-bond acceptors (Lipinski definition) is 6. The third kappa shape index (κ3) is 3.26. The molecule has 2 heterocycles. The lowest BCUT2D eigenvalue weighted by molar-refractivity contribution is -0.137. The van der Waals surface area contributed by atoms with Crippen LogP contribution in [0.25, 0.3) is 0 Å². The second-order valence-corrected chi connectivity index (χ2v) is 5.68. The Labute approximate surface area is 139 Å². The van der Waals surface area contributed by atoms with Gasteiger partial charge >= 0.3 is 0 Å². The fraction of sp³-hybridized carbons (Fsp3) is 0.471. The number of nitrogens with zero attached hydrogens (tertiary/aromatic N) is 1. The van der Waals surface area contributed by atoms with E-state index >= 15 is 0 Å². The molecule has 0 N–H and O–H groups in total. The molecule has 0 unspecified atom stereocenters. The van der Waals surface area contributed by atoms with E-state index in [0.717, 1.165) is 0 Å². The second kappa shape index (κ2) is 7.00. The predicted octanol–water partition coefficient (Wildman–Crippen LogP) is 1.09. The van der Waals surface area contributed by atoms with E-state index in [1.165, 1.54) is 6.92 Å². The molecule has 2 aliphatic rings. The lowest BCUT2D eigenvalue weighted by Gasteiger charge is -2.27. The Morgan fingerprint density at radius 2 is 1.96 bits per heavy atom. The number of rotatable bonds is 4. The number of amides is 1. The maximum absolute atomic E-state index is 12.2. The number of hydrogen-bond donors (Lipinski definition) is 0. The molecule has 0 bridgehead atoms. The van der Waals surface area contributed by atoms with Gasteiger partial charge in [-0.3, -0.25) is 14.4 Å². The number of ether oxygens (including phenoxy) is 3. The summed E-state index contributed by atoms with van der Waals surface area (Å²) >= 11 is 0. The molecule has 1 aromatic rings. The van der Waals surface area contributed by atoms with Gasteiger partial charge in [-0.1, -0.05) is 0 Å². The lowest BCUT2D eigenvalue weighted by atomic mass is 9.98. The Kier molecular flexibility index (Phi) is 4.80. The van der Waals surface area contributed by atoms with E-state index in [1.54, 1.807) is 17.0 Å². The van der Waals surface area contributed by atoms with Crippen molar-refractivity contribution in [2.45, 2.75) is 13.3 Å². The van der Waals surface area contributed by atoms with Crippen LogP contribution in [0.4, 0.5) is 0 Å². The van der Waals surface area contributed by atoms with Gasteiger partial charge in [-0.05, 0) is 19.1 Å². The molecule has 128 valence electrons. The minimum atomic E-state index is -0.268. The summed E-state index contributed by atoms with van der Waals surface area (Å²) in [4.78, 5) is 37.8. The first kappa shape index (κ1) is 16.4. The molecule has 24 heavy (non-hydrogen) atoms. The summed E-state index contributed by atoms with van der Waals surface area (Å²) in [5.41, 5.74) is 0.605. The van der Waals surface area contributed by atoms with Gasteiger partial charge in [0, 0.05) is 19.5 Å². The van der Waals surface area contributed by atoms with E-state index in [1.807, 2.05) is 0 Å². The van der Waals surface area contributed by atoms with Gasteiger partial charge in [0.05, 0.1) is 25.4 Å². The van der Waals surface area contributed by atoms with Crippen LogP contribution in [0.3, 0.4) is 0 Å². The van der Waals surface area contributed by atoms with E-state index in [-0.39, 0.29) is 47.7 Å². The fourth-order valence-corrected chi connectivity index (χ4v) is 2.81. The molecule has 0 radical (unpaired) electrons. The van der Waals surface area contributed by atoms with Crippen LogP contribution < -0.4 is 9.47 Å². The van der Waals surface area contributed by atoms with Crippen LogP contribution in [0, 0.1) is 0 Å². The highest BCUT2D eigenvalue weighted by Gasteiger charge is 2.27. The van der Waals surface area contributed by atoms with Crippen molar-refractivity contribution in [2.24, 2.45) is 0 Å². The van der Waals surface area contributed by atoms with Crippen LogP contribution in [0.1, 0.15) is 34.1 Å². The zero-order valence-electron chi connectivity index (χ0n) is 13.5. The van der Waals surface area contributed by atoms with Crippen molar-refractivity contribution in [2.75, 3.05) is 39.5 Å². The first-order valence-electron chi connectivity index (χ1n) is 7.90. The van der Waals surface area contributed by atoms with Crippen LogP contribution in [0.5, 0.6) is 11.5 Å². The van der Waals surface area contributed by atoms with Gasteiger partial charge in [0.15, 0.2) is 18.2 Å². The van der Waals surface area contributed by atoms with Gasteiger partial charge < -0.3 is 19.1 Å². The third-order valence-corrected chi connectivity index (χ3v) is 4.06.